The van der Waals surface area contributed by atoms with Gasteiger partial charge in [0.1, 0.15) is 11.6 Å². The number of ketones is 1. The number of Topliss-reactive ketones (excluding diaryl/α,β-unsaturated/α-hetero) is 1. The third kappa shape index (κ3) is 3.23. The van der Waals surface area contributed by atoms with Gasteiger partial charge in [-0.15, -0.1) is 0 Å². The third-order valence-corrected chi connectivity index (χ3v) is 3.90. The van der Waals surface area contributed by atoms with E-state index in [0.717, 1.165) is 17.8 Å². The Labute approximate surface area is 148 Å². The van der Waals surface area contributed by atoms with Gasteiger partial charge in [-0.05, 0) is 38.1 Å². The number of hydrogen-bond acceptors (Lipinski definition) is 3. The first-order valence-corrected chi connectivity index (χ1v) is 7.81. The number of para-hydroxylation sites is 1. The minimum atomic E-state index is -1.02. The SMILES string of the molecule is Cc1nn(-c2ccccc2)c(C)c1C(=O)C(=O)Nc1ccc(F)cc1F. The molecule has 0 saturated heterocycles. The lowest BCUT2D eigenvalue weighted by Gasteiger charge is -2.07. The second kappa shape index (κ2) is 6.87. The van der Waals surface area contributed by atoms with E-state index in [4.69, 9.17) is 0 Å². The Kier molecular flexibility index (Phi) is 4.62. The zero-order valence-electron chi connectivity index (χ0n) is 14.1. The maximum atomic E-state index is 13.7. The molecule has 5 nitrogen and oxygen atoms in total. The van der Waals surface area contributed by atoms with E-state index in [0.29, 0.717) is 17.5 Å². The van der Waals surface area contributed by atoms with Crippen LogP contribution in [0.5, 0.6) is 0 Å². The number of nitrogens with zero attached hydrogens (tertiary/aromatic N) is 2. The molecule has 0 aliphatic carbocycles. The van der Waals surface area contributed by atoms with Crippen LogP contribution in [0.4, 0.5) is 14.5 Å². The van der Waals surface area contributed by atoms with Gasteiger partial charge in [0, 0.05) is 6.07 Å². The lowest BCUT2D eigenvalue weighted by Crippen LogP contribution is -2.24. The molecule has 26 heavy (non-hydrogen) atoms. The van der Waals surface area contributed by atoms with Crippen LogP contribution in [0.2, 0.25) is 0 Å². The Balaban J connectivity index is 1.90. The molecule has 3 rings (SSSR count). The van der Waals surface area contributed by atoms with Crippen LogP contribution in [0, 0.1) is 25.5 Å². The van der Waals surface area contributed by atoms with Crippen LogP contribution in [0.25, 0.3) is 5.69 Å². The van der Waals surface area contributed by atoms with Crippen molar-refractivity contribution in [3.05, 3.63) is 77.1 Å². The van der Waals surface area contributed by atoms with Crippen LogP contribution in [0.15, 0.2) is 48.5 Å². The molecule has 0 saturated carbocycles. The highest BCUT2D eigenvalue weighted by Gasteiger charge is 2.25. The average molecular weight is 355 g/mol. The number of benzene rings is 2. The summed E-state index contributed by atoms with van der Waals surface area (Å²) < 4.78 is 28.2. The van der Waals surface area contributed by atoms with Gasteiger partial charge in [0.25, 0.3) is 11.7 Å². The number of hydrogen-bond donors (Lipinski definition) is 1. The number of nitrogens with one attached hydrogen (secondary N) is 1. The zero-order chi connectivity index (χ0) is 18.8. The summed E-state index contributed by atoms with van der Waals surface area (Å²) in [5.41, 5.74) is 1.50. The van der Waals surface area contributed by atoms with Crippen LogP contribution in [-0.2, 0) is 4.79 Å². The monoisotopic (exact) mass is 355 g/mol. The Morgan fingerprint density at radius 1 is 1.04 bits per heavy atom. The van der Waals surface area contributed by atoms with Gasteiger partial charge in [-0.2, -0.15) is 5.10 Å². The standard InChI is InChI=1S/C19H15F2N3O2/c1-11-17(12(2)24(23-11)14-6-4-3-5-7-14)18(25)19(26)22-16-9-8-13(20)10-15(16)21/h3-10H,1-2H3,(H,22,26). The van der Waals surface area contributed by atoms with Crippen LogP contribution in [-0.4, -0.2) is 21.5 Å². The molecule has 1 N–H and O–H groups in total. The van der Waals surface area contributed by atoms with E-state index in [1.807, 2.05) is 30.3 Å². The number of carbonyl (C=O) groups is 2. The smallest absolute Gasteiger partial charge is 0.296 e. The number of amides is 1. The average Bonchev–Trinajstić information content (AvgIpc) is 2.92. The van der Waals surface area contributed by atoms with Crippen molar-refractivity contribution >= 4 is 17.4 Å². The maximum absolute atomic E-state index is 13.7. The summed E-state index contributed by atoms with van der Waals surface area (Å²) in [6, 6.07) is 11.8. The Morgan fingerprint density at radius 2 is 1.73 bits per heavy atom. The normalized spacial score (nSPS) is 10.6. The van der Waals surface area contributed by atoms with Gasteiger partial charge >= 0.3 is 0 Å². The molecule has 7 heteroatoms. The van der Waals surface area contributed by atoms with Gasteiger partial charge in [-0.3, -0.25) is 9.59 Å². The summed E-state index contributed by atoms with van der Waals surface area (Å²) in [6.45, 7) is 3.29. The summed E-state index contributed by atoms with van der Waals surface area (Å²) in [4.78, 5) is 24.8. The topological polar surface area (TPSA) is 64.0 Å². The molecule has 3 aromatic rings. The van der Waals surface area contributed by atoms with Crippen LogP contribution >= 0.6 is 0 Å². The Hall–Kier alpha value is -3.35. The first kappa shape index (κ1) is 17.5. The van der Waals surface area contributed by atoms with Crippen molar-refractivity contribution in [2.75, 3.05) is 5.32 Å². The quantitative estimate of drug-likeness (QED) is 0.575. The molecule has 0 spiro atoms. The Morgan fingerprint density at radius 3 is 2.38 bits per heavy atom. The van der Waals surface area contributed by atoms with Crippen molar-refractivity contribution < 1.29 is 18.4 Å². The van der Waals surface area contributed by atoms with Crippen LogP contribution in [0.1, 0.15) is 21.7 Å². The number of halogens is 2. The van der Waals surface area contributed by atoms with E-state index in [1.54, 1.807) is 18.5 Å². The molecule has 0 atom stereocenters. The molecule has 0 radical (unpaired) electrons. The largest absolute Gasteiger partial charge is 0.317 e. The number of aryl methyl sites for hydroxylation is 1. The second-order valence-electron chi connectivity index (χ2n) is 5.70. The molecule has 0 bridgehead atoms. The predicted octanol–water partition coefficient (Wildman–Crippen LogP) is 3.59. The van der Waals surface area contributed by atoms with Crippen molar-refractivity contribution in [2.45, 2.75) is 13.8 Å². The van der Waals surface area contributed by atoms with Gasteiger partial charge in [0.15, 0.2) is 0 Å². The lowest BCUT2D eigenvalue weighted by molar-refractivity contribution is -0.112. The molecule has 2 aromatic carbocycles. The van der Waals surface area contributed by atoms with E-state index in [2.05, 4.69) is 10.4 Å². The molecule has 0 fully saturated rings. The van der Waals surface area contributed by atoms with E-state index in [-0.39, 0.29) is 11.3 Å². The molecule has 0 aliphatic rings. The minimum absolute atomic E-state index is 0.147. The molecule has 1 aromatic heterocycles. The number of aromatic nitrogens is 2. The van der Waals surface area contributed by atoms with Gasteiger partial charge in [0.05, 0.1) is 28.3 Å². The number of carbonyl (C=O) groups excluding carboxylic acids is 2. The number of rotatable bonds is 4. The van der Waals surface area contributed by atoms with E-state index < -0.39 is 23.3 Å². The van der Waals surface area contributed by atoms with Gasteiger partial charge in [-0.25, -0.2) is 13.5 Å². The zero-order valence-corrected chi connectivity index (χ0v) is 14.1. The van der Waals surface area contributed by atoms with Crippen LogP contribution in [0.3, 0.4) is 0 Å². The fourth-order valence-electron chi connectivity index (χ4n) is 2.68. The van der Waals surface area contributed by atoms with Gasteiger partial charge < -0.3 is 5.32 Å². The van der Waals surface area contributed by atoms with Crippen molar-refractivity contribution in [1.82, 2.24) is 9.78 Å². The van der Waals surface area contributed by atoms with E-state index >= 15 is 0 Å². The van der Waals surface area contributed by atoms with Crippen molar-refractivity contribution in [3.63, 3.8) is 0 Å². The molecule has 132 valence electrons. The van der Waals surface area contributed by atoms with Gasteiger partial charge in [-0.1, -0.05) is 18.2 Å². The van der Waals surface area contributed by atoms with Crippen molar-refractivity contribution in [2.24, 2.45) is 0 Å². The predicted molar refractivity (Wildman–Crippen MR) is 92.4 cm³/mol. The summed E-state index contributed by atoms with van der Waals surface area (Å²) in [5.74, 6) is -3.59. The van der Waals surface area contributed by atoms with E-state index in [1.165, 1.54) is 0 Å². The van der Waals surface area contributed by atoms with Crippen molar-refractivity contribution in [1.29, 1.82) is 0 Å². The highest BCUT2D eigenvalue weighted by Crippen LogP contribution is 2.20. The third-order valence-electron chi connectivity index (χ3n) is 3.90. The first-order chi connectivity index (χ1) is 12.4. The summed E-state index contributed by atoms with van der Waals surface area (Å²) in [5, 5.41) is 6.48. The highest BCUT2D eigenvalue weighted by molar-refractivity contribution is 6.47. The molecule has 1 amide bonds. The molecule has 1 heterocycles. The summed E-state index contributed by atoms with van der Waals surface area (Å²) >= 11 is 0. The molecule has 0 aliphatic heterocycles. The fourth-order valence-corrected chi connectivity index (χ4v) is 2.68. The highest BCUT2D eigenvalue weighted by atomic mass is 19.1. The summed E-state index contributed by atoms with van der Waals surface area (Å²) in [7, 11) is 0. The molecular formula is C19H15F2N3O2. The lowest BCUT2D eigenvalue weighted by atomic mass is 10.1. The van der Waals surface area contributed by atoms with Crippen molar-refractivity contribution in [3.8, 4) is 5.69 Å². The minimum Gasteiger partial charge on any atom is -0.317 e. The van der Waals surface area contributed by atoms with E-state index in [9.17, 15) is 18.4 Å². The summed E-state index contributed by atoms with van der Waals surface area (Å²) in [6.07, 6.45) is 0. The second-order valence-corrected chi connectivity index (χ2v) is 5.70. The van der Waals surface area contributed by atoms with Gasteiger partial charge in [0.2, 0.25) is 0 Å². The molecular weight excluding hydrogens is 340 g/mol. The fraction of sp³-hybridized carbons (Fsp3) is 0.105. The molecule has 0 unspecified atom stereocenters. The Bertz CT molecular complexity index is 998. The van der Waals surface area contributed by atoms with Crippen LogP contribution < -0.4 is 5.32 Å². The number of anilines is 1. The first-order valence-electron chi connectivity index (χ1n) is 7.81. The maximum Gasteiger partial charge on any atom is 0.296 e.